The monoisotopic (exact) mass is 1240 g/mol. The zero-order valence-corrected chi connectivity index (χ0v) is 50.0. The van der Waals surface area contributed by atoms with Gasteiger partial charge in [-0.1, -0.05) is 39.3 Å². The number of hydrogen-bond acceptors (Lipinski definition) is 27. The summed E-state index contributed by atoms with van der Waals surface area (Å²) in [5.74, 6) is -0.799. The van der Waals surface area contributed by atoms with E-state index in [-0.39, 0.29) is 48.7 Å². The number of allylic oxidation sites excluding steroid dienone is 2. The van der Waals surface area contributed by atoms with E-state index in [2.05, 4.69) is 19.9 Å². The summed E-state index contributed by atoms with van der Waals surface area (Å²) in [5, 5.41) is 145. The molecule has 85 heavy (non-hydrogen) atoms. The fraction of sp³-hybridized carbons (Fsp3) is 0.946. The molecule has 8 fully saturated rings. The summed E-state index contributed by atoms with van der Waals surface area (Å²) >= 11 is 0. The highest BCUT2D eigenvalue weighted by molar-refractivity contribution is 7.80. The van der Waals surface area contributed by atoms with Gasteiger partial charge in [-0.25, -0.2) is 4.18 Å². The molecule has 14 N–H and O–H groups in total. The van der Waals surface area contributed by atoms with Gasteiger partial charge in [0.25, 0.3) is 0 Å². The first kappa shape index (κ1) is 67.7. The summed E-state index contributed by atoms with van der Waals surface area (Å²) in [6.07, 6.45) is -37.1. The third kappa shape index (κ3) is 13.5. The minimum Gasteiger partial charge on any atom is -0.394 e. The molecule has 5 heterocycles. The molecule has 3 saturated carbocycles. The Morgan fingerprint density at radius 3 is 1.78 bits per heavy atom. The van der Waals surface area contributed by atoms with Crippen LogP contribution in [0.2, 0.25) is 0 Å². The maximum atomic E-state index is 13.2. The lowest BCUT2D eigenvalue weighted by atomic mass is 9.47. The predicted octanol–water partition coefficient (Wildman–Crippen LogP) is -2.68. The lowest BCUT2D eigenvalue weighted by molar-refractivity contribution is -0.398. The largest absolute Gasteiger partial charge is 0.397 e. The quantitative estimate of drug-likeness (QED) is 0.0491. The summed E-state index contributed by atoms with van der Waals surface area (Å²) in [4.78, 5) is 13.2. The minimum atomic E-state index is -4.88. The normalized spacial score (nSPS) is 51.3. The van der Waals surface area contributed by atoms with Gasteiger partial charge in [-0.05, 0) is 113 Å². The Kier molecular flexibility index (Phi) is 20.8. The fourth-order valence-electron chi connectivity index (χ4n) is 15.8. The average molecular weight is 1250 g/mol. The van der Waals surface area contributed by atoms with Crippen molar-refractivity contribution >= 4 is 16.2 Å². The number of carbonyl (C=O) groups excluding carboxylic acids is 1. The van der Waals surface area contributed by atoms with E-state index in [1.54, 1.807) is 6.92 Å². The number of ether oxygens (including phenoxy) is 10. The second-order valence-corrected chi connectivity index (χ2v) is 27.7. The molecular weight excluding hydrogens is 1150 g/mol. The minimum absolute atomic E-state index is 0.00462. The summed E-state index contributed by atoms with van der Waals surface area (Å²) < 4.78 is 100. The van der Waals surface area contributed by atoms with Crippen LogP contribution in [0.3, 0.4) is 0 Å². The molecule has 29 heteroatoms. The van der Waals surface area contributed by atoms with E-state index in [1.165, 1.54) is 20.8 Å². The van der Waals surface area contributed by atoms with E-state index in [0.29, 0.717) is 32.1 Å². The van der Waals surface area contributed by atoms with Gasteiger partial charge in [0.2, 0.25) is 0 Å². The Labute approximate surface area is 494 Å². The van der Waals surface area contributed by atoms with E-state index in [9.17, 15) is 84.1 Å². The number of ketones is 1. The SMILES string of the molecule is CC(C)CC(=O)C[C@@](C)(O)[C@H]1CC[C@H]2[C@@H]3C[C@H](O[C@@H]4O[C@H](C)[C@@H](O)[C@H](O[C@@H]5OC[C@@H](O[C@@H]6O[C@H](CO)[C@H](O)[C@H](O)[C@H]6O[C@@H]6O[C@H](C)[C@H](O)[C@H](O)[C@H]6O)[C@H](O)[C@H]5O[C@@H]5O[C@H](C)[C@@H](O)[C@H](O)[C@H]5O)[C@H]4O)[C@H]4C[C@@H](OS(=O)(=O)O)CC[C@]4(C)C3=CC[C@@]21C. The molecule has 0 bridgehead atoms. The molecule has 0 aromatic heterocycles. The smallest absolute Gasteiger partial charge is 0.394 e. The topological polar surface area (TPSA) is 436 Å². The van der Waals surface area contributed by atoms with Crippen LogP contribution in [0.4, 0.5) is 0 Å². The molecule has 0 aromatic rings. The van der Waals surface area contributed by atoms with E-state index in [0.717, 1.165) is 12.0 Å². The van der Waals surface area contributed by atoms with Crippen molar-refractivity contribution in [2.75, 3.05) is 13.2 Å². The first-order valence-corrected chi connectivity index (χ1v) is 31.3. The van der Waals surface area contributed by atoms with Crippen molar-refractivity contribution in [3.8, 4) is 0 Å². The van der Waals surface area contributed by atoms with E-state index in [4.69, 9.17) is 51.6 Å². The van der Waals surface area contributed by atoms with Gasteiger partial charge in [0.1, 0.15) is 103 Å². The van der Waals surface area contributed by atoms with Gasteiger partial charge < -0.3 is 114 Å². The summed E-state index contributed by atoms with van der Waals surface area (Å²) in [6.45, 7) is 12.6. The van der Waals surface area contributed by atoms with Crippen LogP contribution in [0, 0.1) is 40.4 Å². The third-order valence-corrected chi connectivity index (χ3v) is 20.8. The average Bonchev–Trinajstić information content (AvgIpc) is 1.71. The lowest BCUT2D eigenvalue weighted by Gasteiger charge is -2.60. The number of aliphatic hydroxyl groups excluding tert-OH is 12. The van der Waals surface area contributed by atoms with Gasteiger partial charge in [-0.15, -0.1) is 0 Å². The van der Waals surface area contributed by atoms with E-state index >= 15 is 0 Å². The molecule has 33 atom stereocenters. The Bertz CT molecular complexity index is 2420. The molecular formula is C56H92O28S. The van der Waals surface area contributed by atoms with Crippen molar-refractivity contribution in [3.63, 3.8) is 0 Å². The number of rotatable bonds is 18. The highest BCUT2D eigenvalue weighted by Crippen LogP contribution is 2.67. The zero-order valence-electron chi connectivity index (χ0n) is 49.1. The van der Waals surface area contributed by atoms with Gasteiger partial charge in [-0.3, -0.25) is 9.35 Å². The lowest BCUT2D eigenvalue weighted by Crippen LogP contribution is -2.67. The molecule has 4 aliphatic carbocycles. The first-order chi connectivity index (χ1) is 39.7. The van der Waals surface area contributed by atoms with Gasteiger partial charge in [0.05, 0.1) is 49.3 Å². The van der Waals surface area contributed by atoms with Crippen molar-refractivity contribution in [2.24, 2.45) is 40.4 Å². The Morgan fingerprint density at radius 2 is 1.20 bits per heavy atom. The fourth-order valence-corrected chi connectivity index (χ4v) is 16.3. The maximum Gasteiger partial charge on any atom is 0.397 e. The van der Waals surface area contributed by atoms with Crippen molar-refractivity contribution in [1.29, 1.82) is 0 Å². The molecule has 0 aromatic carbocycles. The highest BCUT2D eigenvalue weighted by Gasteiger charge is 2.64. The number of hydrogen-bond donors (Lipinski definition) is 14. The highest BCUT2D eigenvalue weighted by atomic mass is 32.3. The van der Waals surface area contributed by atoms with Crippen LogP contribution in [-0.2, 0) is 66.7 Å². The summed E-state index contributed by atoms with van der Waals surface area (Å²) in [6, 6.07) is 0. The number of Topliss-reactive ketones (excluding diaryl/α,β-unsaturated/α-hetero) is 1. The van der Waals surface area contributed by atoms with Gasteiger partial charge >= 0.3 is 10.4 Å². The van der Waals surface area contributed by atoms with Gasteiger partial charge in [0.15, 0.2) is 31.5 Å². The Morgan fingerprint density at radius 1 is 0.647 bits per heavy atom. The van der Waals surface area contributed by atoms with Crippen LogP contribution in [0.1, 0.15) is 113 Å². The van der Waals surface area contributed by atoms with Crippen LogP contribution in [0.15, 0.2) is 11.6 Å². The van der Waals surface area contributed by atoms with Crippen LogP contribution in [0.5, 0.6) is 0 Å². The summed E-state index contributed by atoms with van der Waals surface area (Å²) in [5.41, 5.74) is -1.26. The van der Waals surface area contributed by atoms with Gasteiger partial charge in [0, 0.05) is 12.8 Å². The van der Waals surface area contributed by atoms with E-state index < -0.39 is 206 Å². The zero-order chi connectivity index (χ0) is 62.3. The first-order valence-electron chi connectivity index (χ1n) is 29.9. The van der Waals surface area contributed by atoms with Crippen molar-refractivity contribution < 1.29 is 136 Å². The molecule has 0 spiro atoms. The molecule has 490 valence electrons. The summed E-state index contributed by atoms with van der Waals surface area (Å²) in [7, 11) is -4.88. The molecule has 0 amide bonds. The second kappa shape index (κ2) is 26.2. The molecule has 9 aliphatic rings. The standard InChI is InChI=1S/C56H92O28S/c1-21(2)15-25(58)18-56(8,70)34-10-9-28-27-17-31(30-16-26(84-85(71,72)73)11-13-54(30,6)29(27)12-14-55(28,34)7)78-51-45(69)46(37(61)24(5)77-51)81-52-47(82-49-43(67)40(64)35(59)22(3)75-49)39(63)33(20-74-52)80-53-48(42(66)38(62)32(19-57)79-53)83-50-44(68)41(65)36(60)23(4)76-50/h12,21-24,26-28,30-53,57,59-70H,9-11,13-20H2,1-8H3,(H,71,72,73)/t22-,23-,24-,26+,27+,28+,30-,31+,32-,33-,34+,35-,36+,37-,38+,39+,40+,41+,42+,43-,44-,45-,46+,47-,48-,49+,50+,51+,52+,53+,54-,55+,56-/m1/s1. The van der Waals surface area contributed by atoms with Crippen LogP contribution >= 0.6 is 0 Å². The maximum absolute atomic E-state index is 13.2. The second-order valence-electron chi connectivity index (χ2n) is 26.7. The van der Waals surface area contributed by atoms with Crippen LogP contribution in [0.25, 0.3) is 0 Å². The molecule has 0 unspecified atom stereocenters. The molecule has 9 rings (SSSR count). The predicted molar refractivity (Wildman–Crippen MR) is 286 cm³/mol. The number of carbonyl (C=O) groups is 1. The number of aliphatic hydroxyl groups is 13. The van der Waals surface area contributed by atoms with Crippen molar-refractivity contribution in [2.45, 2.75) is 278 Å². The Hall–Kier alpha value is -1.64. The third-order valence-electron chi connectivity index (χ3n) is 20.3. The van der Waals surface area contributed by atoms with Crippen molar-refractivity contribution in [3.05, 3.63) is 11.6 Å². The molecule has 5 aliphatic heterocycles. The Balaban J connectivity index is 0.982. The molecule has 0 radical (unpaired) electrons. The number of fused-ring (bicyclic) bond motifs is 5. The molecule has 5 saturated heterocycles. The van der Waals surface area contributed by atoms with E-state index in [1.807, 2.05) is 13.8 Å². The van der Waals surface area contributed by atoms with Crippen LogP contribution < -0.4 is 0 Å². The molecule has 28 nitrogen and oxygen atoms in total. The van der Waals surface area contributed by atoms with Crippen molar-refractivity contribution in [1.82, 2.24) is 0 Å². The van der Waals surface area contributed by atoms with Gasteiger partial charge in [-0.2, -0.15) is 8.42 Å². The van der Waals surface area contributed by atoms with Crippen LogP contribution in [-0.4, -0.2) is 264 Å².